The normalized spacial score (nSPS) is 11.5. The Labute approximate surface area is 202 Å². The standard InChI is InChI=1S/C24H22Cl2FNO4S/c1-16(2)14-28(24(29)21-5-3-4-6-22(21)26)15-17-13-18(25)7-12-23(17)32-33(30,31)20-10-8-19(27)9-11-20/h3-13,16H,14-15H2,1-2H3. The van der Waals surface area contributed by atoms with E-state index in [2.05, 4.69) is 0 Å². The van der Waals surface area contributed by atoms with Crippen molar-refractivity contribution in [3.8, 4) is 5.75 Å². The number of carbonyl (C=O) groups excluding carboxylic acids is 1. The maximum Gasteiger partial charge on any atom is 0.339 e. The SMILES string of the molecule is CC(C)CN(Cc1cc(Cl)ccc1OS(=O)(=O)c1ccc(F)cc1)C(=O)c1ccccc1Cl. The van der Waals surface area contributed by atoms with Crippen LogP contribution in [-0.2, 0) is 16.7 Å². The summed E-state index contributed by atoms with van der Waals surface area (Å²) in [5.41, 5.74) is 0.734. The number of hydrogen-bond acceptors (Lipinski definition) is 4. The minimum absolute atomic E-state index is 0.0180. The quantitative estimate of drug-likeness (QED) is 0.339. The van der Waals surface area contributed by atoms with E-state index in [0.717, 1.165) is 24.3 Å². The van der Waals surface area contributed by atoms with E-state index in [-0.39, 0.29) is 29.0 Å². The molecule has 0 atom stereocenters. The molecule has 0 heterocycles. The molecule has 0 saturated heterocycles. The van der Waals surface area contributed by atoms with Gasteiger partial charge in [-0.3, -0.25) is 4.79 Å². The van der Waals surface area contributed by atoms with Gasteiger partial charge in [0.25, 0.3) is 5.91 Å². The number of hydrogen-bond donors (Lipinski definition) is 0. The molecule has 0 aliphatic heterocycles. The van der Waals surface area contributed by atoms with Crippen molar-refractivity contribution in [3.63, 3.8) is 0 Å². The Balaban J connectivity index is 1.95. The van der Waals surface area contributed by atoms with Crippen LogP contribution < -0.4 is 4.18 Å². The van der Waals surface area contributed by atoms with Gasteiger partial charge in [-0.05, 0) is 60.5 Å². The molecule has 3 aromatic carbocycles. The number of amides is 1. The molecule has 0 aliphatic rings. The van der Waals surface area contributed by atoms with Crippen LogP contribution in [0.15, 0.2) is 71.6 Å². The summed E-state index contributed by atoms with van der Waals surface area (Å²) in [6, 6.07) is 15.5. The van der Waals surface area contributed by atoms with E-state index in [1.54, 1.807) is 35.2 Å². The fourth-order valence-electron chi connectivity index (χ4n) is 3.19. The van der Waals surface area contributed by atoms with Crippen LogP contribution in [0, 0.1) is 11.7 Å². The van der Waals surface area contributed by atoms with Crippen LogP contribution in [-0.4, -0.2) is 25.8 Å². The maximum atomic E-state index is 13.3. The van der Waals surface area contributed by atoms with Crippen molar-refractivity contribution in [2.75, 3.05) is 6.54 Å². The van der Waals surface area contributed by atoms with Gasteiger partial charge in [-0.2, -0.15) is 8.42 Å². The fraction of sp³-hybridized carbons (Fsp3) is 0.208. The van der Waals surface area contributed by atoms with E-state index < -0.39 is 15.9 Å². The van der Waals surface area contributed by atoms with Crippen molar-refractivity contribution in [1.29, 1.82) is 0 Å². The smallest absolute Gasteiger partial charge is 0.339 e. The zero-order valence-electron chi connectivity index (χ0n) is 18.0. The Bertz CT molecular complexity index is 1250. The summed E-state index contributed by atoms with van der Waals surface area (Å²) in [6.07, 6.45) is 0. The van der Waals surface area contributed by atoms with Gasteiger partial charge in [0, 0.05) is 23.7 Å². The molecule has 0 unspecified atom stereocenters. The number of carbonyl (C=O) groups is 1. The van der Waals surface area contributed by atoms with Gasteiger partial charge in [-0.15, -0.1) is 0 Å². The molecule has 0 saturated carbocycles. The van der Waals surface area contributed by atoms with Gasteiger partial charge < -0.3 is 9.08 Å². The van der Waals surface area contributed by atoms with Crippen molar-refractivity contribution in [3.05, 3.63) is 93.7 Å². The first-order valence-corrected chi connectivity index (χ1v) is 12.3. The highest BCUT2D eigenvalue weighted by atomic mass is 35.5. The van der Waals surface area contributed by atoms with Crippen molar-refractivity contribution in [2.24, 2.45) is 5.92 Å². The van der Waals surface area contributed by atoms with Gasteiger partial charge in [0.15, 0.2) is 0 Å². The average molecular weight is 510 g/mol. The minimum atomic E-state index is -4.24. The van der Waals surface area contributed by atoms with Crippen LogP contribution in [0.3, 0.4) is 0 Å². The topological polar surface area (TPSA) is 63.7 Å². The number of nitrogens with zero attached hydrogens (tertiary/aromatic N) is 1. The molecule has 3 aromatic rings. The summed E-state index contributed by atoms with van der Waals surface area (Å²) in [5.74, 6) is -0.725. The summed E-state index contributed by atoms with van der Waals surface area (Å²) in [7, 11) is -4.24. The largest absolute Gasteiger partial charge is 0.379 e. The summed E-state index contributed by atoms with van der Waals surface area (Å²) in [4.78, 5) is 14.6. The Morgan fingerprint density at radius 1 is 1.03 bits per heavy atom. The molecule has 5 nitrogen and oxygen atoms in total. The molecule has 0 radical (unpaired) electrons. The third-order valence-corrected chi connectivity index (χ3v) is 6.48. The first kappa shape index (κ1) is 25.0. The molecule has 174 valence electrons. The van der Waals surface area contributed by atoms with Gasteiger partial charge in [-0.1, -0.05) is 49.2 Å². The summed E-state index contributed by atoms with van der Waals surface area (Å²) in [5, 5.41) is 0.670. The van der Waals surface area contributed by atoms with Gasteiger partial charge in [0.2, 0.25) is 0 Å². The van der Waals surface area contributed by atoms with Crippen LogP contribution in [0.5, 0.6) is 5.75 Å². The van der Waals surface area contributed by atoms with E-state index in [4.69, 9.17) is 27.4 Å². The lowest BCUT2D eigenvalue weighted by Gasteiger charge is -2.26. The van der Waals surface area contributed by atoms with Crippen LogP contribution in [0.1, 0.15) is 29.8 Å². The molecular formula is C24H22Cl2FNO4S. The van der Waals surface area contributed by atoms with Crippen molar-refractivity contribution in [1.82, 2.24) is 4.90 Å². The Morgan fingerprint density at radius 3 is 2.33 bits per heavy atom. The summed E-state index contributed by atoms with van der Waals surface area (Å²) >= 11 is 12.4. The zero-order valence-corrected chi connectivity index (χ0v) is 20.3. The third-order valence-electron chi connectivity index (χ3n) is 4.66. The van der Waals surface area contributed by atoms with Gasteiger partial charge >= 0.3 is 10.1 Å². The second-order valence-electron chi connectivity index (χ2n) is 7.80. The highest BCUT2D eigenvalue weighted by molar-refractivity contribution is 7.87. The second kappa shape index (κ2) is 10.5. The van der Waals surface area contributed by atoms with Crippen LogP contribution in [0.25, 0.3) is 0 Å². The molecule has 0 spiro atoms. The van der Waals surface area contributed by atoms with Gasteiger partial charge in [0.1, 0.15) is 16.5 Å². The molecular weight excluding hydrogens is 488 g/mol. The van der Waals surface area contributed by atoms with Crippen LogP contribution in [0.4, 0.5) is 4.39 Å². The van der Waals surface area contributed by atoms with E-state index >= 15 is 0 Å². The van der Waals surface area contributed by atoms with Crippen LogP contribution in [0.2, 0.25) is 10.0 Å². The Morgan fingerprint density at radius 2 is 1.70 bits per heavy atom. The monoisotopic (exact) mass is 509 g/mol. The predicted octanol–water partition coefficient (Wildman–Crippen LogP) is 6.20. The second-order valence-corrected chi connectivity index (χ2v) is 10.2. The predicted molar refractivity (Wildman–Crippen MR) is 127 cm³/mol. The summed E-state index contributed by atoms with van der Waals surface area (Å²) in [6.45, 7) is 4.35. The van der Waals surface area contributed by atoms with Crippen molar-refractivity contribution >= 4 is 39.2 Å². The zero-order chi connectivity index (χ0) is 24.2. The lowest BCUT2D eigenvalue weighted by molar-refractivity contribution is 0.0722. The molecule has 0 bridgehead atoms. The highest BCUT2D eigenvalue weighted by Crippen LogP contribution is 2.29. The third kappa shape index (κ3) is 6.47. The molecule has 0 aliphatic carbocycles. The van der Waals surface area contributed by atoms with E-state index in [1.807, 2.05) is 13.8 Å². The molecule has 33 heavy (non-hydrogen) atoms. The van der Waals surface area contributed by atoms with E-state index in [0.29, 0.717) is 27.7 Å². The maximum absolute atomic E-state index is 13.3. The van der Waals surface area contributed by atoms with Gasteiger partial charge in [0.05, 0.1) is 10.6 Å². The molecule has 0 N–H and O–H groups in total. The lowest BCUT2D eigenvalue weighted by Crippen LogP contribution is -2.34. The van der Waals surface area contributed by atoms with Crippen LogP contribution >= 0.6 is 23.2 Å². The molecule has 0 fully saturated rings. The van der Waals surface area contributed by atoms with Gasteiger partial charge in [-0.25, -0.2) is 4.39 Å². The molecule has 0 aromatic heterocycles. The number of halogens is 3. The first-order valence-electron chi connectivity index (χ1n) is 10.1. The fourth-order valence-corrected chi connectivity index (χ4v) is 4.57. The van der Waals surface area contributed by atoms with E-state index in [1.165, 1.54) is 12.1 Å². The first-order chi connectivity index (χ1) is 15.6. The van der Waals surface area contributed by atoms with Crippen molar-refractivity contribution < 1.29 is 21.8 Å². The molecule has 3 rings (SSSR count). The number of rotatable bonds is 8. The molecule has 1 amide bonds. The Hall–Kier alpha value is -2.61. The molecule has 9 heteroatoms. The Kier molecular flexibility index (Phi) is 8.00. The van der Waals surface area contributed by atoms with Crippen molar-refractivity contribution in [2.45, 2.75) is 25.3 Å². The minimum Gasteiger partial charge on any atom is -0.379 e. The number of benzene rings is 3. The summed E-state index contributed by atoms with van der Waals surface area (Å²) < 4.78 is 44.0. The van der Waals surface area contributed by atoms with E-state index in [9.17, 15) is 17.6 Å². The lowest BCUT2D eigenvalue weighted by atomic mass is 10.1. The average Bonchev–Trinajstić information content (AvgIpc) is 2.75. The highest BCUT2D eigenvalue weighted by Gasteiger charge is 2.24.